The Morgan fingerprint density at radius 3 is 2.56 bits per heavy atom. The minimum Gasteiger partial charge on any atom is -0.336 e. The Labute approximate surface area is 55.3 Å². The SMILES string of the molecule is Fc1cc(=S)c(F)c[nH]1. The third kappa shape index (κ3) is 1.32. The second kappa shape index (κ2) is 2.23. The molecule has 1 heterocycles. The Hall–Kier alpha value is -0.770. The minimum atomic E-state index is -0.624. The molecule has 1 aromatic rings. The van der Waals surface area contributed by atoms with Crippen molar-refractivity contribution < 1.29 is 8.78 Å². The topological polar surface area (TPSA) is 15.8 Å². The molecule has 1 rings (SSSR count). The molecule has 0 bridgehead atoms. The van der Waals surface area contributed by atoms with E-state index in [-0.39, 0.29) is 4.51 Å². The van der Waals surface area contributed by atoms with Crippen LogP contribution in [0.5, 0.6) is 0 Å². The van der Waals surface area contributed by atoms with Gasteiger partial charge in [0.25, 0.3) is 0 Å². The molecule has 1 nitrogen and oxygen atoms in total. The molecule has 0 amide bonds. The van der Waals surface area contributed by atoms with Crippen LogP contribution in [0, 0.1) is 16.3 Å². The molecule has 0 aliphatic heterocycles. The highest BCUT2D eigenvalue weighted by Gasteiger charge is 1.92. The average molecular weight is 147 g/mol. The number of aromatic amines is 1. The van der Waals surface area contributed by atoms with Gasteiger partial charge in [-0.1, -0.05) is 12.2 Å². The summed E-state index contributed by atoms with van der Waals surface area (Å²) in [4.78, 5) is 2.03. The van der Waals surface area contributed by atoms with Crippen molar-refractivity contribution in [1.82, 2.24) is 4.98 Å². The van der Waals surface area contributed by atoms with Crippen LogP contribution < -0.4 is 0 Å². The monoisotopic (exact) mass is 147 g/mol. The van der Waals surface area contributed by atoms with Crippen LogP contribution in [0.2, 0.25) is 0 Å². The Morgan fingerprint density at radius 2 is 2.11 bits per heavy atom. The molecule has 9 heavy (non-hydrogen) atoms. The first-order chi connectivity index (χ1) is 4.20. The molecule has 1 aromatic heterocycles. The molecular weight excluding hydrogens is 144 g/mol. The number of pyridine rings is 1. The molecule has 0 unspecified atom stereocenters. The van der Waals surface area contributed by atoms with Gasteiger partial charge in [0.15, 0.2) is 11.8 Å². The standard InChI is InChI=1S/C5H3F2NS/c6-3-2-8-5(7)1-4(3)9/h1-2H,(H,8,9). The molecule has 0 radical (unpaired) electrons. The van der Waals surface area contributed by atoms with E-state index in [2.05, 4.69) is 12.2 Å². The van der Waals surface area contributed by atoms with Crippen molar-refractivity contribution in [3.63, 3.8) is 0 Å². The maximum Gasteiger partial charge on any atom is 0.192 e. The molecule has 0 aromatic carbocycles. The molecule has 0 saturated heterocycles. The largest absolute Gasteiger partial charge is 0.336 e. The van der Waals surface area contributed by atoms with Crippen LogP contribution in [0.4, 0.5) is 8.78 Å². The summed E-state index contributed by atoms with van der Waals surface area (Å²) >= 11 is 4.41. The average Bonchev–Trinajstić information content (AvgIpc) is 1.80. The van der Waals surface area contributed by atoms with Gasteiger partial charge < -0.3 is 4.98 Å². The molecule has 0 spiro atoms. The summed E-state index contributed by atoms with van der Waals surface area (Å²) in [5.74, 6) is -1.23. The van der Waals surface area contributed by atoms with Crippen molar-refractivity contribution in [2.45, 2.75) is 0 Å². The van der Waals surface area contributed by atoms with Gasteiger partial charge in [-0.25, -0.2) is 4.39 Å². The predicted octanol–water partition coefficient (Wildman–Crippen LogP) is 2.02. The molecule has 0 saturated carbocycles. The highest BCUT2D eigenvalue weighted by Crippen LogP contribution is 1.99. The fourth-order valence-electron chi connectivity index (χ4n) is 0.429. The van der Waals surface area contributed by atoms with Crippen LogP contribution in [0.1, 0.15) is 0 Å². The zero-order chi connectivity index (χ0) is 6.85. The summed E-state index contributed by atoms with van der Waals surface area (Å²) in [6, 6.07) is 0.921. The van der Waals surface area contributed by atoms with Crippen LogP contribution in [-0.2, 0) is 0 Å². The fourth-order valence-corrected chi connectivity index (χ4v) is 0.592. The van der Waals surface area contributed by atoms with Crippen LogP contribution in [0.3, 0.4) is 0 Å². The van der Waals surface area contributed by atoms with Crippen LogP contribution in [0.25, 0.3) is 0 Å². The van der Waals surface area contributed by atoms with Gasteiger partial charge in [-0.3, -0.25) is 0 Å². The number of H-pyrrole nitrogens is 1. The van der Waals surface area contributed by atoms with E-state index in [1.165, 1.54) is 0 Å². The minimum absolute atomic E-state index is 0.105. The maximum absolute atomic E-state index is 12.2. The smallest absolute Gasteiger partial charge is 0.192 e. The lowest BCUT2D eigenvalue weighted by Gasteiger charge is -1.87. The third-order valence-corrected chi connectivity index (χ3v) is 1.14. The Kier molecular flexibility index (Phi) is 1.57. The highest BCUT2D eigenvalue weighted by atomic mass is 32.1. The van der Waals surface area contributed by atoms with E-state index in [0.29, 0.717) is 0 Å². The summed E-state index contributed by atoms with van der Waals surface area (Å²) in [5, 5.41) is 0. The molecule has 0 aliphatic rings. The summed E-state index contributed by atoms with van der Waals surface area (Å²) in [5.41, 5.74) is 0. The van der Waals surface area contributed by atoms with Gasteiger partial charge in [-0.2, -0.15) is 4.39 Å². The van der Waals surface area contributed by atoms with Gasteiger partial charge in [-0.05, 0) is 0 Å². The number of hydrogen-bond donors (Lipinski definition) is 1. The molecule has 0 atom stereocenters. The van der Waals surface area contributed by atoms with Crippen molar-refractivity contribution in [2.24, 2.45) is 0 Å². The van der Waals surface area contributed by atoms with Crippen LogP contribution >= 0.6 is 12.2 Å². The molecule has 1 N–H and O–H groups in total. The van der Waals surface area contributed by atoms with E-state index in [0.717, 1.165) is 12.3 Å². The first kappa shape index (κ1) is 6.35. The number of rotatable bonds is 0. The van der Waals surface area contributed by atoms with Gasteiger partial charge in [0, 0.05) is 12.3 Å². The zero-order valence-corrected chi connectivity index (χ0v) is 5.14. The van der Waals surface area contributed by atoms with Gasteiger partial charge in [0.1, 0.15) is 0 Å². The fraction of sp³-hybridized carbons (Fsp3) is 0. The zero-order valence-electron chi connectivity index (χ0n) is 4.32. The lowest BCUT2D eigenvalue weighted by molar-refractivity contribution is 0.557. The van der Waals surface area contributed by atoms with Gasteiger partial charge in [-0.15, -0.1) is 0 Å². The first-order valence-electron chi connectivity index (χ1n) is 2.24. The second-order valence-electron chi connectivity index (χ2n) is 1.49. The van der Waals surface area contributed by atoms with Crippen molar-refractivity contribution in [2.75, 3.05) is 0 Å². The highest BCUT2D eigenvalue weighted by molar-refractivity contribution is 7.71. The van der Waals surface area contributed by atoms with Crippen LogP contribution in [0.15, 0.2) is 12.3 Å². The summed E-state index contributed by atoms with van der Waals surface area (Å²) in [6.45, 7) is 0. The van der Waals surface area contributed by atoms with E-state index in [1.807, 2.05) is 4.98 Å². The Bertz CT molecular complexity index is 268. The molecule has 0 fully saturated rings. The molecule has 4 heteroatoms. The molecule has 48 valence electrons. The number of halogens is 2. The normalized spacial score (nSPS) is 9.56. The predicted molar refractivity (Wildman–Crippen MR) is 31.5 cm³/mol. The summed E-state index contributed by atoms with van der Waals surface area (Å²) in [7, 11) is 0. The van der Waals surface area contributed by atoms with E-state index >= 15 is 0 Å². The van der Waals surface area contributed by atoms with E-state index in [4.69, 9.17) is 0 Å². The van der Waals surface area contributed by atoms with E-state index in [1.54, 1.807) is 0 Å². The van der Waals surface area contributed by atoms with E-state index in [9.17, 15) is 8.78 Å². The summed E-state index contributed by atoms with van der Waals surface area (Å²) in [6.07, 6.45) is 0.887. The second-order valence-corrected chi connectivity index (χ2v) is 1.93. The van der Waals surface area contributed by atoms with Gasteiger partial charge in [0.2, 0.25) is 0 Å². The van der Waals surface area contributed by atoms with Crippen LogP contribution in [-0.4, -0.2) is 4.98 Å². The van der Waals surface area contributed by atoms with Gasteiger partial charge in [0.05, 0.1) is 4.51 Å². The van der Waals surface area contributed by atoms with Crippen molar-refractivity contribution in [3.05, 3.63) is 28.5 Å². The van der Waals surface area contributed by atoms with Crippen molar-refractivity contribution in [3.8, 4) is 0 Å². The quantitative estimate of drug-likeness (QED) is 0.438. The number of hydrogen-bond acceptors (Lipinski definition) is 1. The molecule has 0 aliphatic carbocycles. The Morgan fingerprint density at radius 1 is 1.44 bits per heavy atom. The van der Waals surface area contributed by atoms with E-state index < -0.39 is 11.8 Å². The van der Waals surface area contributed by atoms with Gasteiger partial charge >= 0.3 is 0 Å². The first-order valence-corrected chi connectivity index (χ1v) is 2.65. The lowest BCUT2D eigenvalue weighted by atomic mass is 10.5. The van der Waals surface area contributed by atoms with Crippen molar-refractivity contribution >= 4 is 12.2 Å². The lowest BCUT2D eigenvalue weighted by Crippen LogP contribution is -1.83. The number of nitrogens with one attached hydrogen (secondary N) is 1. The summed E-state index contributed by atoms with van der Waals surface area (Å²) < 4.78 is 24.1. The third-order valence-electron chi connectivity index (χ3n) is 0.830. The maximum atomic E-state index is 12.2. The molecular formula is C5H3F2NS. The van der Waals surface area contributed by atoms with Crippen molar-refractivity contribution in [1.29, 1.82) is 0 Å². The number of aromatic nitrogens is 1. The Balaban J connectivity index is 3.34.